The van der Waals surface area contributed by atoms with Crippen molar-refractivity contribution in [3.8, 4) is 0 Å². The number of rotatable bonds is 1. The molecule has 104 valence electrons. The number of ketones is 1. The maximum absolute atomic E-state index is 12.4. The summed E-state index contributed by atoms with van der Waals surface area (Å²) in [4.78, 5) is 12.4. The van der Waals surface area contributed by atoms with Crippen LogP contribution < -0.4 is 0 Å². The molecule has 2 nitrogen and oxygen atoms in total. The van der Waals surface area contributed by atoms with Crippen molar-refractivity contribution in [3.63, 3.8) is 0 Å². The smallest absolute Gasteiger partial charge is 0.171 e. The van der Waals surface area contributed by atoms with E-state index in [1.54, 1.807) is 0 Å². The summed E-state index contributed by atoms with van der Waals surface area (Å²) < 4.78 is 6.02. The molecule has 20 heavy (non-hydrogen) atoms. The summed E-state index contributed by atoms with van der Waals surface area (Å²) in [6.07, 6.45) is 1.45. The maximum Gasteiger partial charge on any atom is 0.171 e. The molecule has 1 aliphatic carbocycles. The minimum Gasteiger partial charge on any atom is -0.460 e. The molecule has 1 aromatic carbocycles. The summed E-state index contributed by atoms with van der Waals surface area (Å²) in [6.45, 7) is 6.40. The molecule has 0 fully saturated rings. The van der Waals surface area contributed by atoms with E-state index in [0.717, 1.165) is 31.2 Å². The van der Waals surface area contributed by atoms with Crippen LogP contribution in [0.4, 0.5) is 0 Å². The Kier molecular flexibility index (Phi) is 3.30. The van der Waals surface area contributed by atoms with E-state index in [2.05, 4.69) is 32.9 Å². The standard InChI is InChI=1S/C17H19O2P/c1-17(2,3)16-19-14-10-12(9-13(18)15(14)20-16)11-7-5-4-6-8-11/h4-8,12H,9-10H2,1-3H3/t12-/m0/s1. The van der Waals surface area contributed by atoms with Crippen molar-refractivity contribution in [2.24, 2.45) is 0 Å². The first-order valence-corrected chi connectivity index (χ1v) is 7.93. The lowest BCUT2D eigenvalue weighted by Gasteiger charge is -2.20. The summed E-state index contributed by atoms with van der Waals surface area (Å²) in [6, 6.07) is 10.3. The van der Waals surface area contributed by atoms with Crippen molar-refractivity contribution >= 4 is 14.0 Å². The fourth-order valence-corrected chi connectivity index (χ4v) is 3.78. The molecule has 0 bridgehead atoms. The SMILES string of the molecule is CC(C)(C)c1oc2c(p1)C(=O)C[C@H](c1ccccc1)C2. The van der Waals surface area contributed by atoms with Gasteiger partial charge in [-0.3, -0.25) is 4.79 Å². The van der Waals surface area contributed by atoms with Crippen LogP contribution in [0.25, 0.3) is 0 Å². The number of benzene rings is 1. The predicted octanol–water partition coefficient (Wildman–Crippen LogP) is 5.07. The van der Waals surface area contributed by atoms with E-state index >= 15 is 0 Å². The second-order valence-corrected chi connectivity index (χ2v) is 7.56. The van der Waals surface area contributed by atoms with E-state index in [0.29, 0.717) is 6.42 Å². The molecule has 1 aliphatic rings. The van der Waals surface area contributed by atoms with Gasteiger partial charge in [0.15, 0.2) is 5.78 Å². The molecule has 2 aromatic rings. The van der Waals surface area contributed by atoms with Gasteiger partial charge in [-0.25, -0.2) is 0 Å². The van der Waals surface area contributed by atoms with Crippen LogP contribution in [0, 0.1) is 0 Å². The zero-order valence-electron chi connectivity index (χ0n) is 12.1. The van der Waals surface area contributed by atoms with Crippen molar-refractivity contribution in [1.29, 1.82) is 0 Å². The van der Waals surface area contributed by atoms with E-state index in [1.165, 1.54) is 5.56 Å². The lowest BCUT2D eigenvalue weighted by atomic mass is 9.85. The van der Waals surface area contributed by atoms with Crippen LogP contribution in [0.3, 0.4) is 0 Å². The van der Waals surface area contributed by atoms with Crippen LogP contribution >= 0.6 is 8.19 Å². The van der Waals surface area contributed by atoms with Gasteiger partial charge in [-0.15, -0.1) is 0 Å². The lowest BCUT2D eigenvalue weighted by Crippen LogP contribution is -2.16. The Hall–Kier alpha value is -1.40. The third-order valence-electron chi connectivity index (χ3n) is 3.74. The molecule has 0 saturated heterocycles. The van der Waals surface area contributed by atoms with E-state index in [1.807, 2.05) is 18.2 Å². The second kappa shape index (κ2) is 4.86. The van der Waals surface area contributed by atoms with Gasteiger partial charge >= 0.3 is 0 Å². The summed E-state index contributed by atoms with van der Waals surface area (Å²) in [5.74, 6) is 1.42. The van der Waals surface area contributed by atoms with Crippen LogP contribution in [0.15, 0.2) is 34.7 Å². The van der Waals surface area contributed by atoms with Gasteiger partial charge in [0.05, 0.1) is 5.30 Å². The number of carbonyl (C=O) groups excluding carboxylic acids is 1. The largest absolute Gasteiger partial charge is 0.460 e. The topological polar surface area (TPSA) is 30.2 Å². The Morgan fingerprint density at radius 2 is 1.85 bits per heavy atom. The van der Waals surface area contributed by atoms with Crippen molar-refractivity contribution in [2.45, 2.75) is 44.9 Å². The quantitative estimate of drug-likeness (QED) is 0.732. The first kappa shape index (κ1) is 13.6. The molecule has 0 spiro atoms. The van der Waals surface area contributed by atoms with E-state index in [4.69, 9.17) is 4.42 Å². The monoisotopic (exact) mass is 286 g/mol. The van der Waals surface area contributed by atoms with Crippen LogP contribution in [0.1, 0.15) is 60.0 Å². The molecule has 0 amide bonds. The average Bonchev–Trinajstić information content (AvgIpc) is 2.84. The van der Waals surface area contributed by atoms with Gasteiger partial charge in [0.2, 0.25) is 0 Å². The molecule has 1 atom stereocenters. The minimum absolute atomic E-state index is 0.0125. The molecule has 0 saturated carbocycles. The van der Waals surface area contributed by atoms with Crippen LogP contribution in [-0.2, 0) is 11.8 Å². The fourth-order valence-electron chi connectivity index (χ4n) is 2.61. The Balaban J connectivity index is 1.95. The molecule has 1 heterocycles. The highest BCUT2D eigenvalue weighted by molar-refractivity contribution is 7.33. The highest BCUT2D eigenvalue weighted by Crippen LogP contribution is 2.42. The highest BCUT2D eigenvalue weighted by atomic mass is 31.0. The Morgan fingerprint density at radius 3 is 2.50 bits per heavy atom. The summed E-state index contributed by atoms with van der Waals surface area (Å²) >= 11 is 0. The molecular formula is C17H19O2P. The van der Waals surface area contributed by atoms with Gasteiger partial charge in [0.25, 0.3) is 0 Å². The summed E-state index contributed by atoms with van der Waals surface area (Å²) in [5, 5.41) is 0.891. The Labute approximate surface area is 121 Å². The Morgan fingerprint density at radius 1 is 1.15 bits per heavy atom. The van der Waals surface area contributed by atoms with Crippen LogP contribution in [0.2, 0.25) is 0 Å². The van der Waals surface area contributed by atoms with Gasteiger partial charge in [0.1, 0.15) is 11.3 Å². The normalized spacial score (nSPS) is 19.4. The molecule has 0 N–H and O–H groups in total. The summed E-state index contributed by atoms with van der Waals surface area (Å²) in [5.41, 5.74) is 2.22. The summed E-state index contributed by atoms with van der Waals surface area (Å²) in [7, 11) is 0.982. The van der Waals surface area contributed by atoms with Gasteiger partial charge in [-0.2, -0.15) is 0 Å². The third kappa shape index (κ3) is 2.45. The minimum atomic E-state index is -0.0125. The van der Waals surface area contributed by atoms with Crippen molar-refractivity contribution in [3.05, 3.63) is 52.4 Å². The predicted molar refractivity (Wildman–Crippen MR) is 81.8 cm³/mol. The van der Waals surface area contributed by atoms with Crippen molar-refractivity contribution in [2.75, 3.05) is 0 Å². The average molecular weight is 286 g/mol. The molecular weight excluding hydrogens is 267 g/mol. The van der Waals surface area contributed by atoms with E-state index in [-0.39, 0.29) is 17.1 Å². The molecule has 1 aromatic heterocycles. The van der Waals surface area contributed by atoms with Crippen LogP contribution in [-0.4, -0.2) is 5.78 Å². The van der Waals surface area contributed by atoms with Gasteiger partial charge in [-0.05, 0) is 19.7 Å². The number of carbonyl (C=O) groups is 1. The fraction of sp³-hybridized carbons (Fsp3) is 0.412. The molecule has 3 rings (SSSR count). The number of hydrogen-bond acceptors (Lipinski definition) is 2. The first-order chi connectivity index (χ1) is 9.45. The Bertz CT molecular complexity index is 635. The van der Waals surface area contributed by atoms with Gasteiger partial charge < -0.3 is 4.42 Å². The zero-order chi connectivity index (χ0) is 14.3. The van der Waals surface area contributed by atoms with E-state index < -0.39 is 0 Å². The molecule has 0 aliphatic heterocycles. The van der Waals surface area contributed by atoms with Gasteiger partial charge in [0, 0.05) is 18.3 Å². The zero-order valence-corrected chi connectivity index (χ0v) is 13.0. The van der Waals surface area contributed by atoms with E-state index in [9.17, 15) is 4.79 Å². The highest BCUT2D eigenvalue weighted by Gasteiger charge is 2.32. The number of Topliss-reactive ketones (excluding diaryl/α,β-unsaturated/α-hetero) is 1. The van der Waals surface area contributed by atoms with Gasteiger partial charge in [-0.1, -0.05) is 51.1 Å². The van der Waals surface area contributed by atoms with Crippen LogP contribution in [0.5, 0.6) is 0 Å². The first-order valence-electron chi connectivity index (χ1n) is 7.03. The van der Waals surface area contributed by atoms with Crippen molar-refractivity contribution < 1.29 is 9.21 Å². The molecule has 0 unspecified atom stereocenters. The molecule has 3 heteroatoms. The maximum atomic E-state index is 12.4. The number of hydrogen-bond donors (Lipinski definition) is 0. The third-order valence-corrected chi connectivity index (χ3v) is 5.43. The molecule has 0 radical (unpaired) electrons. The second-order valence-electron chi connectivity index (χ2n) is 6.48. The lowest BCUT2D eigenvalue weighted by molar-refractivity contribution is 0.0963. The number of fused-ring (bicyclic) bond motifs is 1. The van der Waals surface area contributed by atoms with Crippen molar-refractivity contribution in [1.82, 2.24) is 0 Å².